The number of carbonyl (C=O) groups excluding carboxylic acids is 2. The van der Waals surface area contributed by atoms with E-state index in [1.165, 1.54) is 0 Å². The Balaban J connectivity index is 1.98. The Morgan fingerprint density at radius 3 is 2.52 bits per heavy atom. The van der Waals surface area contributed by atoms with E-state index < -0.39 is 19.2 Å². The van der Waals surface area contributed by atoms with Gasteiger partial charge in [0.05, 0.1) is 12.1 Å². The Kier molecular flexibility index (Phi) is 6.78. The number of nitrogens with two attached hydrogens (primary N) is 1. The van der Waals surface area contributed by atoms with E-state index in [0.717, 1.165) is 12.8 Å². The van der Waals surface area contributed by atoms with Crippen molar-refractivity contribution in [2.45, 2.75) is 57.1 Å². The molecule has 8 nitrogen and oxygen atoms in total. The van der Waals surface area contributed by atoms with Crippen LogP contribution < -0.4 is 11.1 Å². The van der Waals surface area contributed by atoms with Gasteiger partial charge in [-0.25, -0.2) is 0 Å². The van der Waals surface area contributed by atoms with Gasteiger partial charge in [-0.15, -0.1) is 0 Å². The van der Waals surface area contributed by atoms with Gasteiger partial charge in [0.2, 0.25) is 11.8 Å². The van der Waals surface area contributed by atoms with Gasteiger partial charge in [0.25, 0.3) is 0 Å². The lowest BCUT2D eigenvalue weighted by Gasteiger charge is -2.32. The first-order valence-electron chi connectivity index (χ1n) is 8.73. The summed E-state index contributed by atoms with van der Waals surface area (Å²) in [4.78, 5) is 28.8. The molecule has 2 amide bonds. The van der Waals surface area contributed by atoms with Gasteiger partial charge in [-0.1, -0.05) is 12.2 Å². The zero-order valence-corrected chi connectivity index (χ0v) is 15.5. The number of likely N-dealkylation sites (tertiary alicyclic amines) is 2. The highest BCUT2D eigenvalue weighted by Crippen LogP contribution is 2.28. The van der Waals surface area contributed by atoms with Gasteiger partial charge in [-0.2, -0.15) is 0 Å². The van der Waals surface area contributed by atoms with Crippen LogP contribution in [-0.4, -0.2) is 81.5 Å². The summed E-state index contributed by atoms with van der Waals surface area (Å²) in [6.07, 6.45) is 2.30. The van der Waals surface area contributed by atoms with Crippen molar-refractivity contribution in [2.24, 2.45) is 5.73 Å². The highest BCUT2D eigenvalue weighted by atomic mass is 32.1. The zero-order valence-electron chi connectivity index (χ0n) is 14.7. The summed E-state index contributed by atoms with van der Waals surface area (Å²) in [7, 11) is -1.34. The smallest absolute Gasteiger partial charge is 0.427 e. The molecule has 2 aliphatic heterocycles. The van der Waals surface area contributed by atoms with Crippen LogP contribution in [0.2, 0.25) is 5.82 Å². The molecular weight excluding hydrogens is 343 g/mol. The molecule has 0 aromatic carbocycles. The molecular formula is C15H27BN4O4S. The van der Waals surface area contributed by atoms with Crippen LogP contribution in [0.4, 0.5) is 0 Å². The van der Waals surface area contributed by atoms with Crippen molar-refractivity contribution >= 4 is 36.1 Å². The molecule has 0 aromatic heterocycles. The number of amides is 2. The largest absolute Gasteiger partial charge is 0.456 e. The molecule has 0 spiro atoms. The highest BCUT2D eigenvalue weighted by Gasteiger charge is 2.39. The molecule has 0 radical (unpaired) electrons. The van der Waals surface area contributed by atoms with Gasteiger partial charge in [0.1, 0.15) is 11.0 Å². The fourth-order valence-electron chi connectivity index (χ4n) is 3.38. The number of nitrogens with one attached hydrogen (secondary N) is 1. The average Bonchev–Trinajstić information content (AvgIpc) is 3.22. The third kappa shape index (κ3) is 4.69. The lowest BCUT2D eigenvalue weighted by atomic mass is 9.72. The predicted octanol–water partition coefficient (Wildman–Crippen LogP) is -1.29. The van der Waals surface area contributed by atoms with E-state index >= 15 is 0 Å². The molecule has 140 valence electrons. The Morgan fingerprint density at radius 2 is 1.96 bits per heavy atom. The maximum atomic E-state index is 12.7. The normalized spacial score (nSPS) is 25.6. The molecule has 4 atom stereocenters. The van der Waals surface area contributed by atoms with Crippen LogP contribution in [0.3, 0.4) is 0 Å². The SMILES string of the molecule is C[C@H](N)C(=O)N[C@@H](C)C(=O)N1CCC[C@H]1C(=S)N1CC[C@@H](B(O)O)C1. The molecule has 0 aromatic rings. The zero-order chi connectivity index (χ0) is 18.7. The summed E-state index contributed by atoms with van der Waals surface area (Å²) in [5, 5.41) is 21.3. The highest BCUT2D eigenvalue weighted by molar-refractivity contribution is 7.80. The molecule has 0 saturated carbocycles. The standard InChI is InChI=1S/C15H27BN4O4S/c1-9(17)13(21)18-10(2)14(22)20-6-3-4-12(20)15(25)19-7-5-11(8-19)16(23)24/h9-12,23-24H,3-8,17H2,1-2H3,(H,18,21)/t9-,10-,11+,12-/m0/s1. The predicted molar refractivity (Wildman–Crippen MR) is 98.7 cm³/mol. The van der Waals surface area contributed by atoms with Crippen molar-refractivity contribution in [2.75, 3.05) is 19.6 Å². The van der Waals surface area contributed by atoms with E-state index in [0.29, 0.717) is 31.0 Å². The maximum Gasteiger partial charge on any atom is 0.456 e. The molecule has 10 heteroatoms. The molecule has 2 aliphatic rings. The van der Waals surface area contributed by atoms with Crippen LogP contribution in [0, 0.1) is 0 Å². The summed E-state index contributed by atoms with van der Waals surface area (Å²) in [6, 6.07) is -1.52. The molecule has 2 heterocycles. The molecule has 2 saturated heterocycles. The molecule has 2 fully saturated rings. The minimum Gasteiger partial charge on any atom is -0.427 e. The van der Waals surface area contributed by atoms with Crippen molar-refractivity contribution in [3.8, 4) is 0 Å². The summed E-state index contributed by atoms with van der Waals surface area (Å²) in [5.41, 5.74) is 5.53. The van der Waals surface area contributed by atoms with Gasteiger partial charge in [-0.05, 0) is 33.1 Å². The van der Waals surface area contributed by atoms with Gasteiger partial charge in [0.15, 0.2) is 0 Å². The van der Waals surface area contributed by atoms with Crippen molar-refractivity contribution in [3.63, 3.8) is 0 Å². The second kappa shape index (κ2) is 8.44. The van der Waals surface area contributed by atoms with E-state index in [9.17, 15) is 19.6 Å². The van der Waals surface area contributed by atoms with Crippen molar-refractivity contribution < 1.29 is 19.6 Å². The molecule has 5 N–H and O–H groups in total. The second-order valence-corrected chi connectivity index (χ2v) is 7.37. The lowest BCUT2D eigenvalue weighted by molar-refractivity contribution is -0.136. The first kappa shape index (κ1) is 20.1. The topological polar surface area (TPSA) is 119 Å². The van der Waals surface area contributed by atoms with Gasteiger partial charge in [-0.3, -0.25) is 9.59 Å². The Bertz CT molecular complexity index is 534. The van der Waals surface area contributed by atoms with Crippen molar-refractivity contribution in [1.29, 1.82) is 0 Å². The average molecular weight is 370 g/mol. The fourth-order valence-corrected chi connectivity index (χ4v) is 3.80. The van der Waals surface area contributed by atoms with Crippen LogP contribution in [0.15, 0.2) is 0 Å². The Morgan fingerprint density at radius 1 is 1.28 bits per heavy atom. The number of thiocarbonyl (C=S) groups is 1. The molecule has 25 heavy (non-hydrogen) atoms. The maximum absolute atomic E-state index is 12.7. The van der Waals surface area contributed by atoms with E-state index in [-0.39, 0.29) is 23.7 Å². The van der Waals surface area contributed by atoms with E-state index in [2.05, 4.69) is 5.32 Å². The number of rotatable bonds is 5. The van der Waals surface area contributed by atoms with Gasteiger partial charge in [0, 0.05) is 25.5 Å². The van der Waals surface area contributed by atoms with Crippen LogP contribution in [0.5, 0.6) is 0 Å². The third-order valence-corrected chi connectivity index (χ3v) is 5.45. The van der Waals surface area contributed by atoms with E-state index in [1.54, 1.807) is 18.7 Å². The second-order valence-electron chi connectivity index (χ2n) is 6.96. The molecule has 0 bridgehead atoms. The van der Waals surface area contributed by atoms with Crippen LogP contribution in [-0.2, 0) is 9.59 Å². The van der Waals surface area contributed by atoms with Crippen molar-refractivity contribution in [1.82, 2.24) is 15.1 Å². The molecule has 0 unspecified atom stereocenters. The van der Waals surface area contributed by atoms with Gasteiger partial charge >= 0.3 is 7.12 Å². The number of carbonyl (C=O) groups is 2. The quantitative estimate of drug-likeness (QED) is 0.351. The van der Waals surface area contributed by atoms with E-state index in [1.807, 2.05) is 4.90 Å². The number of hydrogen-bond acceptors (Lipinski definition) is 6. The minimum absolute atomic E-state index is 0.170. The molecule has 0 aliphatic carbocycles. The summed E-state index contributed by atoms with van der Waals surface area (Å²) >= 11 is 5.59. The number of nitrogens with zero attached hydrogens (tertiary/aromatic N) is 2. The van der Waals surface area contributed by atoms with Gasteiger partial charge < -0.3 is 30.9 Å². The van der Waals surface area contributed by atoms with Crippen LogP contribution >= 0.6 is 12.2 Å². The Hall–Kier alpha value is -1.23. The summed E-state index contributed by atoms with van der Waals surface area (Å²) < 4.78 is 0. The van der Waals surface area contributed by atoms with Crippen LogP contribution in [0.25, 0.3) is 0 Å². The minimum atomic E-state index is -1.34. The number of hydrogen-bond donors (Lipinski definition) is 4. The summed E-state index contributed by atoms with van der Waals surface area (Å²) in [5.74, 6) is -0.747. The lowest BCUT2D eigenvalue weighted by Crippen LogP contribution is -2.54. The van der Waals surface area contributed by atoms with Crippen molar-refractivity contribution in [3.05, 3.63) is 0 Å². The third-order valence-electron chi connectivity index (χ3n) is 4.92. The Labute approximate surface area is 153 Å². The molecule has 2 rings (SSSR count). The van der Waals surface area contributed by atoms with Crippen LogP contribution in [0.1, 0.15) is 33.1 Å². The first-order valence-corrected chi connectivity index (χ1v) is 9.14. The summed E-state index contributed by atoms with van der Waals surface area (Å²) in [6.45, 7) is 4.97. The fraction of sp³-hybridized carbons (Fsp3) is 0.800. The first-order chi connectivity index (χ1) is 11.7. The van der Waals surface area contributed by atoms with E-state index in [4.69, 9.17) is 18.0 Å². The monoisotopic (exact) mass is 370 g/mol.